The van der Waals surface area contributed by atoms with Gasteiger partial charge < -0.3 is 15.1 Å². The van der Waals surface area contributed by atoms with Gasteiger partial charge in [-0.3, -0.25) is 4.79 Å². The summed E-state index contributed by atoms with van der Waals surface area (Å²) in [4.78, 5) is 14.6. The fourth-order valence-corrected chi connectivity index (χ4v) is 2.54. The molecule has 1 fully saturated rings. The molecule has 1 heterocycles. The minimum atomic E-state index is -0.878. The Morgan fingerprint density at radius 1 is 1.39 bits per heavy atom. The van der Waals surface area contributed by atoms with Crippen LogP contribution in [0.2, 0.25) is 5.02 Å². The Kier molecular flexibility index (Phi) is 4.17. The van der Waals surface area contributed by atoms with E-state index in [2.05, 4.69) is 0 Å². The first kappa shape index (κ1) is 13.7. The van der Waals surface area contributed by atoms with E-state index in [1.54, 1.807) is 12.1 Å². The lowest BCUT2D eigenvalue weighted by molar-refractivity contribution is 0.0572. The smallest absolute Gasteiger partial charge is 0.255 e. The average molecular weight is 288 g/mol. The normalized spacial score (nSPS) is 23.4. The van der Waals surface area contributed by atoms with Gasteiger partial charge in [-0.2, -0.15) is 0 Å². The number of carbonyl (C=O) groups excluding carboxylic acids is 1. The zero-order chi connectivity index (χ0) is 13.3. The van der Waals surface area contributed by atoms with Crippen LogP contribution in [0.3, 0.4) is 0 Å². The summed E-state index contributed by atoms with van der Waals surface area (Å²) in [6.45, 7) is 0.277. The summed E-state index contributed by atoms with van der Waals surface area (Å²) < 4.78 is 0. The first-order valence-electron chi connectivity index (χ1n) is 5.52. The van der Waals surface area contributed by atoms with E-state index in [0.29, 0.717) is 10.6 Å². The molecule has 1 aliphatic rings. The van der Waals surface area contributed by atoms with E-state index < -0.39 is 12.2 Å². The van der Waals surface area contributed by atoms with E-state index in [4.69, 9.17) is 11.6 Å². The van der Waals surface area contributed by atoms with Gasteiger partial charge in [0.15, 0.2) is 0 Å². The molecule has 0 radical (unpaired) electrons. The highest BCUT2D eigenvalue weighted by Crippen LogP contribution is 2.25. The number of aliphatic hydroxyl groups is 2. The van der Waals surface area contributed by atoms with Gasteiger partial charge in [-0.15, -0.1) is 11.8 Å². The van der Waals surface area contributed by atoms with Gasteiger partial charge in [0.2, 0.25) is 0 Å². The summed E-state index contributed by atoms with van der Waals surface area (Å²) in [7, 11) is 0. The van der Waals surface area contributed by atoms with Crippen LogP contribution in [-0.2, 0) is 0 Å². The maximum atomic E-state index is 12.2. The van der Waals surface area contributed by atoms with Crippen LogP contribution in [0.1, 0.15) is 10.4 Å². The maximum absolute atomic E-state index is 12.2. The van der Waals surface area contributed by atoms with Gasteiger partial charge in [-0.25, -0.2) is 0 Å². The van der Waals surface area contributed by atoms with E-state index in [1.807, 2.05) is 12.3 Å². The number of halogens is 1. The number of hydrogen-bond donors (Lipinski definition) is 2. The highest BCUT2D eigenvalue weighted by molar-refractivity contribution is 7.98. The van der Waals surface area contributed by atoms with Crippen molar-refractivity contribution in [2.24, 2.45) is 0 Å². The van der Waals surface area contributed by atoms with Gasteiger partial charge in [0.1, 0.15) is 0 Å². The molecule has 1 aromatic carbocycles. The summed E-state index contributed by atoms with van der Waals surface area (Å²) in [6.07, 6.45) is 0.161. The van der Waals surface area contributed by atoms with Crippen LogP contribution in [0.5, 0.6) is 0 Å². The molecule has 6 heteroatoms. The summed E-state index contributed by atoms with van der Waals surface area (Å²) in [5, 5.41) is 19.3. The van der Waals surface area contributed by atoms with Crippen LogP contribution in [0.25, 0.3) is 0 Å². The van der Waals surface area contributed by atoms with Crippen molar-refractivity contribution in [2.45, 2.75) is 17.1 Å². The lowest BCUT2D eigenvalue weighted by Gasteiger charge is -2.16. The molecule has 2 atom stereocenters. The predicted molar refractivity (Wildman–Crippen MR) is 71.2 cm³/mol. The quantitative estimate of drug-likeness (QED) is 0.804. The number of benzene rings is 1. The van der Waals surface area contributed by atoms with E-state index in [1.165, 1.54) is 16.7 Å². The minimum Gasteiger partial charge on any atom is -0.388 e. The second-order valence-corrected chi connectivity index (χ2v) is 5.48. The number of β-amino-alcohol motifs (C(OH)–C–C–N with tert-alkyl or cyclic N) is 2. The molecule has 0 spiro atoms. The Balaban J connectivity index is 2.23. The monoisotopic (exact) mass is 287 g/mol. The molecule has 0 saturated carbocycles. The third-order valence-electron chi connectivity index (χ3n) is 2.95. The van der Waals surface area contributed by atoms with Crippen LogP contribution in [0.15, 0.2) is 23.1 Å². The maximum Gasteiger partial charge on any atom is 0.255 e. The van der Waals surface area contributed by atoms with Crippen molar-refractivity contribution >= 4 is 29.3 Å². The van der Waals surface area contributed by atoms with Crippen LogP contribution >= 0.6 is 23.4 Å². The van der Waals surface area contributed by atoms with E-state index in [-0.39, 0.29) is 19.0 Å². The summed E-state index contributed by atoms with van der Waals surface area (Å²) >= 11 is 7.54. The Morgan fingerprint density at radius 3 is 2.56 bits per heavy atom. The number of nitrogens with zero attached hydrogens (tertiary/aromatic N) is 1. The average Bonchev–Trinajstić information content (AvgIpc) is 2.69. The summed E-state index contributed by atoms with van der Waals surface area (Å²) in [5.41, 5.74) is 0.407. The van der Waals surface area contributed by atoms with E-state index in [0.717, 1.165) is 4.90 Å². The summed E-state index contributed by atoms with van der Waals surface area (Å²) in [5.74, 6) is -0.258. The first-order chi connectivity index (χ1) is 8.52. The van der Waals surface area contributed by atoms with Gasteiger partial charge in [0, 0.05) is 18.0 Å². The van der Waals surface area contributed by atoms with E-state index in [9.17, 15) is 15.0 Å². The van der Waals surface area contributed by atoms with Gasteiger partial charge in [-0.05, 0) is 24.5 Å². The van der Waals surface area contributed by atoms with Crippen molar-refractivity contribution in [3.8, 4) is 0 Å². The molecule has 0 aromatic heterocycles. The Hall–Kier alpha value is -0.750. The summed E-state index contributed by atoms with van der Waals surface area (Å²) in [6, 6.07) is 5.26. The van der Waals surface area contributed by atoms with Crippen LogP contribution in [-0.4, -0.2) is 52.6 Å². The highest BCUT2D eigenvalue weighted by atomic mass is 35.5. The van der Waals surface area contributed by atoms with Crippen LogP contribution in [0.4, 0.5) is 0 Å². The number of carbonyl (C=O) groups is 1. The lowest BCUT2D eigenvalue weighted by atomic mass is 10.2. The molecule has 0 bridgehead atoms. The van der Waals surface area contributed by atoms with Crippen molar-refractivity contribution in [3.63, 3.8) is 0 Å². The van der Waals surface area contributed by atoms with Crippen molar-refractivity contribution in [1.29, 1.82) is 0 Å². The Morgan fingerprint density at radius 2 is 2.00 bits per heavy atom. The van der Waals surface area contributed by atoms with Crippen molar-refractivity contribution in [3.05, 3.63) is 28.8 Å². The van der Waals surface area contributed by atoms with Crippen molar-refractivity contribution < 1.29 is 15.0 Å². The molecule has 18 heavy (non-hydrogen) atoms. The molecular formula is C12H14ClNO3S. The third-order valence-corrected chi connectivity index (χ3v) is 4.01. The number of likely N-dealkylation sites (tertiary alicyclic amines) is 1. The molecule has 2 N–H and O–H groups in total. The van der Waals surface area contributed by atoms with Gasteiger partial charge in [0.05, 0.1) is 22.8 Å². The number of thioether (sulfide) groups is 1. The van der Waals surface area contributed by atoms with Gasteiger partial charge in [-0.1, -0.05) is 11.6 Å². The number of rotatable bonds is 2. The van der Waals surface area contributed by atoms with Crippen molar-refractivity contribution in [2.75, 3.05) is 19.3 Å². The van der Waals surface area contributed by atoms with Gasteiger partial charge >= 0.3 is 0 Å². The third kappa shape index (κ3) is 2.64. The second-order valence-electron chi connectivity index (χ2n) is 4.19. The zero-order valence-electron chi connectivity index (χ0n) is 9.84. The van der Waals surface area contributed by atoms with Gasteiger partial charge in [0.25, 0.3) is 5.91 Å². The first-order valence-corrected chi connectivity index (χ1v) is 7.12. The Bertz CT molecular complexity index is 459. The Labute approximate surface area is 115 Å². The largest absolute Gasteiger partial charge is 0.388 e. The lowest BCUT2D eigenvalue weighted by Crippen LogP contribution is -2.30. The standard InChI is InChI=1S/C12H14ClNO3S/c1-18-7-2-3-9(13)8(4-7)12(17)14-5-10(15)11(16)6-14/h2-4,10-11,15-16H,5-6H2,1H3/t10-,11+. The second kappa shape index (κ2) is 5.48. The molecule has 1 aromatic rings. The molecule has 1 aliphatic heterocycles. The number of amides is 1. The molecule has 1 saturated heterocycles. The fourth-order valence-electron chi connectivity index (χ4n) is 1.90. The molecule has 2 rings (SSSR count). The minimum absolute atomic E-state index is 0.139. The van der Waals surface area contributed by atoms with Crippen LogP contribution in [0, 0.1) is 0 Å². The highest BCUT2D eigenvalue weighted by Gasteiger charge is 2.33. The molecule has 4 nitrogen and oxygen atoms in total. The SMILES string of the molecule is CSc1ccc(Cl)c(C(=O)N2C[C@@H](O)[C@@H](O)C2)c1. The van der Waals surface area contributed by atoms with E-state index >= 15 is 0 Å². The fraction of sp³-hybridized carbons (Fsp3) is 0.417. The zero-order valence-corrected chi connectivity index (χ0v) is 11.4. The van der Waals surface area contributed by atoms with Crippen LogP contribution < -0.4 is 0 Å². The number of aliphatic hydroxyl groups excluding tert-OH is 2. The molecule has 1 amide bonds. The molecule has 98 valence electrons. The molecular weight excluding hydrogens is 274 g/mol. The topological polar surface area (TPSA) is 60.8 Å². The number of hydrogen-bond acceptors (Lipinski definition) is 4. The van der Waals surface area contributed by atoms with Crippen molar-refractivity contribution in [1.82, 2.24) is 4.90 Å². The predicted octanol–water partition coefficient (Wildman–Crippen LogP) is 1.24. The molecule has 0 aliphatic carbocycles. The molecule has 0 unspecified atom stereocenters.